The van der Waals surface area contributed by atoms with Gasteiger partial charge in [-0.25, -0.2) is 0 Å². The van der Waals surface area contributed by atoms with Gasteiger partial charge in [0.2, 0.25) is 0 Å². The smallest absolute Gasteiger partial charge is 0.198 e. The van der Waals surface area contributed by atoms with Crippen LogP contribution in [0.5, 0.6) is 0 Å². The van der Waals surface area contributed by atoms with Crippen molar-refractivity contribution in [2.45, 2.75) is 71.6 Å². The molecular formula is C59H49BN2O2. The summed E-state index contributed by atoms with van der Waals surface area (Å²) >= 11 is 0. The Labute approximate surface area is 373 Å². The van der Waals surface area contributed by atoms with E-state index < -0.39 is 0 Å². The Morgan fingerprint density at radius 2 is 1.19 bits per heavy atom. The maximum atomic E-state index is 6.69. The highest BCUT2D eigenvalue weighted by Gasteiger charge is 2.37. The van der Waals surface area contributed by atoms with Crippen LogP contribution in [0.2, 0.25) is 0 Å². The van der Waals surface area contributed by atoms with Crippen LogP contribution in [0.4, 0.5) is 11.4 Å². The van der Waals surface area contributed by atoms with Crippen molar-refractivity contribution in [1.29, 1.82) is 0 Å². The minimum Gasteiger partial charge on any atom is -0.456 e. The summed E-state index contributed by atoms with van der Waals surface area (Å²) in [5.74, 6) is 0. The number of benzene rings is 8. The van der Waals surface area contributed by atoms with Crippen molar-refractivity contribution in [2.75, 3.05) is 5.32 Å². The number of fused-ring (bicyclic) bond motifs is 14. The Bertz CT molecular complexity index is 3820. The van der Waals surface area contributed by atoms with Crippen LogP contribution in [-0.2, 0) is 16.2 Å². The molecule has 4 heterocycles. The van der Waals surface area contributed by atoms with E-state index in [1.165, 1.54) is 77.4 Å². The number of rotatable bonds is 3. The van der Waals surface area contributed by atoms with Gasteiger partial charge < -0.3 is 18.7 Å². The van der Waals surface area contributed by atoms with E-state index in [0.29, 0.717) is 0 Å². The topological polar surface area (TPSA) is 43.2 Å². The first-order valence-electron chi connectivity index (χ1n) is 22.8. The number of hydrogen-bond acceptors (Lipinski definition) is 3. The van der Waals surface area contributed by atoms with Gasteiger partial charge in [-0.2, -0.15) is 0 Å². The molecule has 4 nitrogen and oxygen atoms in total. The summed E-state index contributed by atoms with van der Waals surface area (Å²) in [6.45, 7) is 18.4. The van der Waals surface area contributed by atoms with Crippen molar-refractivity contribution in [3.63, 3.8) is 0 Å². The first-order chi connectivity index (χ1) is 30.7. The molecule has 2 aliphatic rings. The molecule has 310 valence electrons. The van der Waals surface area contributed by atoms with Crippen LogP contribution in [0.3, 0.4) is 0 Å². The average Bonchev–Trinajstić information content (AvgIpc) is 3.98. The Morgan fingerprint density at radius 3 is 1.98 bits per heavy atom. The highest BCUT2D eigenvalue weighted by Crippen LogP contribution is 2.51. The van der Waals surface area contributed by atoms with Gasteiger partial charge >= 0.3 is 0 Å². The van der Waals surface area contributed by atoms with Crippen LogP contribution in [0.15, 0.2) is 148 Å². The third kappa shape index (κ3) is 5.24. The van der Waals surface area contributed by atoms with Crippen LogP contribution >= 0.6 is 0 Å². The molecule has 0 saturated heterocycles. The normalized spacial score (nSPS) is 14.2. The molecule has 1 aliphatic carbocycles. The summed E-state index contributed by atoms with van der Waals surface area (Å²) in [6.07, 6.45) is 0. The lowest BCUT2D eigenvalue weighted by Crippen LogP contribution is -2.37. The van der Waals surface area contributed by atoms with Gasteiger partial charge in [0.25, 0.3) is 0 Å². The van der Waals surface area contributed by atoms with Crippen molar-refractivity contribution in [3.8, 4) is 27.9 Å². The number of anilines is 2. The summed E-state index contributed by atoms with van der Waals surface area (Å²) in [5.41, 5.74) is 22.3. The Morgan fingerprint density at radius 1 is 0.500 bits per heavy atom. The van der Waals surface area contributed by atoms with E-state index >= 15 is 0 Å². The lowest BCUT2D eigenvalue weighted by molar-refractivity contribution is 0.590. The third-order valence-electron chi connectivity index (χ3n) is 14.7. The first-order valence-corrected chi connectivity index (χ1v) is 22.8. The third-order valence-corrected chi connectivity index (χ3v) is 14.7. The minimum atomic E-state index is -0.114. The molecule has 0 amide bonds. The van der Waals surface area contributed by atoms with E-state index in [2.05, 4.69) is 205 Å². The molecule has 0 unspecified atom stereocenters. The van der Waals surface area contributed by atoms with E-state index in [1.54, 1.807) is 0 Å². The van der Waals surface area contributed by atoms with Crippen molar-refractivity contribution >= 4 is 95.3 Å². The fourth-order valence-electron chi connectivity index (χ4n) is 11.2. The van der Waals surface area contributed by atoms with E-state index in [0.717, 1.165) is 68.1 Å². The second-order valence-electron chi connectivity index (χ2n) is 21.1. The molecule has 0 saturated carbocycles. The summed E-state index contributed by atoms with van der Waals surface area (Å²) in [7, 11) is 0.778. The van der Waals surface area contributed by atoms with Gasteiger partial charge in [0, 0.05) is 72.3 Å². The molecule has 0 fully saturated rings. The highest BCUT2D eigenvalue weighted by atomic mass is 16.3. The molecule has 0 spiro atoms. The first kappa shape index (κ1) is 37.6. The summed E-state index contributed by atoms with van der Waals surface area (Å²) in [4.78, 5) is 0. The van der Waals surface area contributed by atoms with Crippen molar-refractivity contribution < 1.29 is 8.83 Å². The monoisotopic (exact) mass is 828 g/mol. The standard InChI is InChI=1S/C59H49BN2O2/c1-57(2,3)32-17-20-34(21-18-32)61-48-30-53-43(42-25-33(58(4,5)6)19-24-52(42)64-53)26-40(48)37-22-23-38-41-27-46-39(35-13-9-11-15-45(35)59(46,7)8)29-49(41)62-50-31-54-44(28-47(50)60-55(37)56(38)62)36-14-10-12-16-51(36)63-54/h9-31,60-61H,1-8H3. The molecule has 1 aliphatic heterocycles. The number of furan rings is 2. The molecular weight excluding hydrogens is 779 g/mol. The highest BCUT2D eigenvalue weighted by molar-refractivity contribution is 6.73. The molecule has 0 radical (unpaired) electrons. The second kappa shape index (κ2) is 12.6. The Hall–Kier alpha value is -6.98. The maximum Gasteiger partial charge on any atom is 0.198 e. The molecule has 0 bridgehead atoms. The fraction of sp³-hybridized carbons (Fsp3) is 0.186. The van der Waals surface area contributed by atoms with Crippen molar-refractivity contribution in [2.24, 2.45) is 0 Å². The van der Waals surface area contributed by atoms with E-state index in [-0.39, 0.29) is 16.2 Å². The number of nitrogens with zero attached hydrogens (tertiary/aromatic N) is 1. The molecule has 1 N–H and O–H groups in total. The lowest BCUT2D eigenvalue weighted by atomic mass is 9.59. The van der Waals surface area contributed by atoms with E-state index in [1.807, 2.05) is 0 Å². The Kier molecular flexibility index (Phi) is 7.40. The number of para-hydroxylation sites is 1. The largest absolute Gasteiger partial charge is 0.456 e. The van der Waals surface area contributed by atoms with Crippen molar-refractivity contribution in [3.05, 3.63) is 162 Å². The van der Waals surface area contributed by atoms with E-state index in [9.17, 15) is 0 Å². The van der Waals surface area contributed by atoms with Gasteiger partial charge in [0.1, 0.15) is 22.3 Å². The van der Waals surface area contributed by atoms with Gasteiger partial charge in [-0.1, -0.05) is 140 Å². The zero-order valence-electron chi connectivity index (χ0n) is 37.7. The van der Waals surface area contributed by atoms with Gasteiger partial charge in [0.15, 0.2) is 7.28 Å². The van der Waals surface area contributed by atoms with Crippen LogP contribution in [0.1, 0.15) is 77.6 Å². The summed E-state index contributed by atoms with van der Waals surface area (Å²) in [6, 6.07) is 52.1. The number of aromatic nitrogens is 1. The maximum absolute atomic E-state index is 6.69. The summed E-state index contributed by atoms with van der Waals surface area (Å²) in [5, 5.41) is 11.0. The second-order valence-corrected chi connectivity index (χ2v) is 21.1. The number of nitrogens with one attached hydrogen (secondary N) is 1. The average molecular weight is 829 g/mol. The molecule has 0 atom stereocenters. The summed E-state index contributed by atoms with van der Waals surface area (Å²) < 4.78 is 15.8. The fourth-order valence-corrected chi connectivity index (χ4v) is 11.2. The molecule has 5 heteroatoms. The van der Waals surface area contributed by atoms with E-state index in [4.69, 9.17) is 8.83 Å². The SMILES string of the molecule is CC(C)(C)c1ccc(Nc2cc3oc4ccc(C(C)(C)C)cc4c3cc2-c2ccc3c4cc5c(cc4n4c3c2Bc2cc3c(cc2-4)oc2ccccc23)-c2ccccc2C5(C)C)cc1. The van der Waals surface area contributed by atoms with Gasteiger partial charge in [-0.3, -0.25) is 0 Å². The molecule has 11 aromatic rings. The van der Waals surface area contributed by atoms with Crippen LogP contribution in [0, 0.1) is 0 Å². The zero-order valence-corrected chi connectivity index (χ0v) is 37.7. The number of hydrogen-bond donors (Lipinski definition) is 1. The lowest BCUT2D eigenvalue weighted by Gasteiger charge is -2.24. The van der Waals surface area contributed by atoms with Gasteiger partial charge in [-0.15, -0.1) is 0 Å². The van der Waals surface area contributed by atoms with Gasteiger partial charge in [0.05, 0.1) is 11.2 Å². The van der Waals surface area contributed by atoms with Crippen LogP contribution < -0.4 is 16.2 Å². The predicted molar refractivity (Wildman–Crippen MR) is 272 cm³/mol. The molecule has 64 heavy (non-hydrogen) atoms. The zero-order chi connectivity index (χ0) is 43.6. The molecule has 3 aromatic heterocycles. The van der Waals surface area contributed by atoms with Crippen LogP contribution in [0.25, 0.3) is 93.6 Å². The molecule has 8 aromatic carbocycles. The van der Waals surface area contributed by atoms with Gasteiger partial charge in [-0.05, 0) is 104 Å². The van der Waals surface area contributed by atoms with Crippen molar-refractivity contribution in [1.82, 2.24) is 4.57 Å². The predicted octanol–water partition coefficient (Wildman–Crippen LogP) is 14.6. The minimum absolute atomic E-state index is 0.000561. The quantitative estimate of drug-likeness (QED) is 0.180. The van der Waals surface area contributed by atoms with Crippen LogP contribution in [-0.4, -0.2) is 11.8 Å². The Balaban J connectivity index is 1.11. The molecule has 13 rings (SSSR count).